The van der Waals surface area contributed by atoms with E-state index in [2.05, 4.69) is 24.1 Å². The van der Waals surface area contributed by atoms with Gasteiger partial charge in [-0.05, 0) is 36.1 Å². The van der Waals surface area contributed by atoms with Crippen molar-refractivity contribution in [2.75, 3.05) is 6.54 Å². The summed E-state index contributed by atoms with van der Waals surface area (Å²) in [6, 6.07) is 3.88. The Labute approximate surface area is 130 Å². The van der Waals surface area contributed by atoms with Crippen molar-refractivity contribution in [3.05, 3.63) is 34.4 Å². The van der Waals surface area contributed by atoms with Crippen LogP contribution in [0.2, 0.25) is 0 Å². The van der Waals surface area contributed by atoms with Gasteiger partial charge in [0, 0.05) is 30.5 Å². The normalized spacial score (nSPS) is 12.7. The third-order valence-electron chi connectivity index (χ3n) is 3.72. The summed E-state index contributed by atoms with van der Waals surface area (Å²) in [6.45, 7) is 2.43. The minimum absolute atomic E-state index is 0.103. The summed E-state index contributed by atoms with van der Waals surface area (Å²) in [6.07, 6.45) is 4.38. The summed E-state index contributed by atoms with van der Waals surface area (Å²) >= 11 is 0. The van der Waals surface area contributed by atoms with Crippen LogP contribution < -0.4 is 5.32 Å². The summed E-state index contributed by atoms with van der Waals surface area (Å²) < 4.78 is 0. The van der Waals surface area contributed by atoms with Gasteiger partial charge in [0.2, 0.25) is 0 Å². The summed E-state index contributed by atoms with van der Waals surface area (Å²) in [4.78, 5) is 22.5. The van der Waals surface area contributed by atoms with E-state index in [-0.39, 0.29) is 12.3 Å². The summed E-state index contributed by atoms with van der Waals surface area (Å²) in [5.41, 5.74) is 3.64. The van der Waals surface area contributed by atoms with Crippen molar-refractivity contribution in [2.24, 2.45) is 0 Å². The predicted octanol–water partition coefficient (Wildman–Crippen LogP) is 2.53. The molecule has 0 fully saturated rings. The van der Waals surface area contributed by atoms with Gasteiger partial charge >= 0.3 is 5.97 Å². The van der Waals surface area contributed by atoms with Gasteiger partial charge in [0.05, 0.1) is 6.54 Å². The fourth-order valence-corrected chi connectivity index (χ4v) is 2.53. The molecule has 116 valence electrons. The lowest BCUT2D eigenvalue weighted by molar-refractivity contribution is -0.136. The molecule has 0 bridgehead atoms. The molecule has 0 spiro atoms. The molecule has 1 aliphatic carbocycles. The van der Waals surface area contributed by atoms with Gasteiger partial charge < -0.3 is 10.4 Å². The second-order valence-electron chi connectivity index (χ2n) is 5.49. The second-order valence-corrected chi connectivity index (χ2v) is 5.49. The van der Waals surface area contributed by atoms with Crippen molar-refractivity contribution >= 4 is 11.8 Å². The molecule has 1 aromatic carbocycles. The Hall–Kier alpha value is -2.12. The van der Waals surface area contributed by atoms with E-state index in [1.165, 1.54) is 0 Å². The van der Waals surface area contributed by atoms with E-state index in [1.807, 2.05) is 12.1 Å². The molecule has 0 unspecified atom stereocenters. The van der Waals surface area contributed by atoms with Crippen molar-refractivity contribution in [3.8, 4) is 11.8 Å². The first-order valence-corrected chi connectivity index (χ1v) is 7.72. The summed E-state index contributed by atoms with van der Waals surface area (Å²) in [5, 5.41) is 11.6. The molecule has 0 aromatic heterocycles. The number of carbonyl (C=O) groups excluding carboxylic acids is 1. The predicted molar refractivity (Wildman–Crippen MR) is 84.8 cm³/mol. The van der Waals surface area contributed by atoms with Crippen LogP contribution in [0.15, 0.2) is 12.1 Å². The van der Waals surface area contributed by atoms with E-state index in [4.69, 9.17) is 5.11 Å². The number of carboxylic acid groups (broad SMARTS) is 1. The fraction of sp³-hybridized carbons (Fsp3) is 0.444. The van der Waals surface area contributed by atoms with Crippen LogP contribution in [0.25, 0.3) is 0 Å². The molecule has 4 heteroatoms. The minimum Gasteiger partial charge on any atom is -0.480 e. The van der Waals surface area contributed by atoms with Gasteiger partial charge in [-0.25, -0.2) is 0 Å². The fourth-order valence-electron chi connectivity index (χ4n) is 2.53. The molecule has 2 rings (SSSR count). The number of benzene rings is 1. The molecule has 0 amide bonds. The van der Waals surface area contributed by atoms with E-state index < -0.39 is 5.97 Å². The van der Waals surface area contributed by atoms with Crippen LogP contribution in [0.5, 0.6) is 0 Å². The Morgan fingerprint density at radius 2 is 2.18 bits per heavy atom. The maximum atomic E-state index is 11.9. The van der Waals surface area contributed by atoms with Gasteiger partial charge in [0.1, 0.15) is 0 Å². The van der Waals surface area contributed by atoms with E-state index in [9.17, 15) is 9.59 Å². The molecule has 1 aromatic rings. The zero-order valence-corrected chi connectivity index (χ0v) is 12.9. The maximum Gasteiger partial charge on any atom is 0.317 e. The van der Waals surface area contributed by atoms with Crippen LogP contribution in [-0.4, -0.2) is 23.4 Å². The quantitative estimate of drug-likeness (QED) is 0.626. The molecule has 1 aliphatic rings. The molecular weight excluding hydrogens is 278 g/mol. The molecule has 22 heavy (non-hydrogen) atoms. The number of fused-ring (bicyclic) bond motifs is 1. The van der Waals surface area contributed by atoms with Crippen molar-refractivity contribution in [1.82, 2.24) is 5.32 Å². The lowest BCUT2D eigenvalue weighted by Gasteiger charge is -2.08. The zero-order valence-electron chi connectivity index (χ0n) is 12.9. The number of nitrogens with one attached hydrogen (secondary N) is 1. The van der Waals surface area contributed by atoms with Gasteiger partial charge in [-0.1, -0.05) is 25.2 Å². The molecule has 0 aliphatic heterocycles. The highest BCUT2D eigenvalue weighted by atomic mass is 16.4. The standard InChI is InChI=1S/C18H21NO3/c1-2-3-4-5-6-13-9-14-7-8-17(20)16(14)10-15(13)11-19-12-18(21)22/h9-10,19H,2-4,7-8,11-12H2,1H3,(H,21,22). The van der Waals surface area contributed by atoms with Crippen LogP contribution in [0.3, 0.4) is 0 Å². The molecule has 0 atom stereocenters. The van der Waals surface area contributed by atoms with Crippen molar-refractivity contribution in [3.63, 3.8) is 0 Å². The number of carbonyl (C=O) groups is 2. The maximum absolute atomic E-state index is 11.9. The SMILES string of the molecule is CCCCC#Cc1cc2c(cc1CNCC(=O)O)C(=O)CC2. The van der Waals surface area contributed by atoms with Crippen LogP contribution in [0, 0.1) is 11.8 Å². The van der Waals surface area contributed by atoms with Gasteiger partial charge in [-0.15, -0.1) is 0 Å². The smallest absolute Gasteiger partial charge is 0.317 e. The number of ketones is 1. The highest BCUT2D eigenvalue weighted by Gasteiger charge is 2.21. The number of hydrogen-bond acceptors (Lipinski definition) is 3. The van der Waals surface area contributed by atoms with Crippen LogP contribution >= 0.6 is 0 Å². The Morgan fingerprint density at radius 1 is 1.36 bits per heavy atom. The van der Waals surface area contributed by atoms with Crippen LogP contribution in [0.4, 0.5) is 0 Å². The van der Waals surface area contributed by atoms with Gasteiger partial charge in [0.25, 0.3) is 0 Å². The first-order chi connectivity index (χ1) is 10.6. The van der Waals surface area contributed by atoms with Crippen molar-refractivity contribution in [1.29, 1.82) is 0 Å². The average molecular weight is 299 g/mol. The zero-order chi connectivity index (χ0) is 15.9. The number of aryl methyl sites for hydroxylation is 1. The number of aliphatic carboxylic acids is 1. The number of rotatable bonds is 6. The number of Topliss-reactive ketones (excluding diaryl/α,β-unsaturated/α-hetero) is 1. The first-order valence-electron chi connectivity index (χ1n) is 7.72. The number of carboxylic acids is 1. The van der Waals surface area contributed by atoms with Gasteiger partial charge in [0.15, 0.2) is 5.78 Å². The Kier molecular flexibility index (Phi) is 5.74. The van der Waals surface area contributed by atoms with E-state index in [0.29, 0.717) is 13.0 Å². The Balaban J connectivity index is 2.22. The van der Waals surface area contributed by atoms with Crippen LogP contribution in [0.1, 0.15) is 59.7 Å². The molecule has 4 nitrogen and oxygen atoms in total. The molecule has 2 N–H and O–H groups in total. The second kappa shape index (κ2) is 7.77. The number of hydrogen-bond donors (Lipinski definition) is 2. The number of unbranched alkanes of at least 4 members (excludes halogenated alkanes) is 2. The lowest BCUT2D eigenvalue weighted by Crippen LogP contribution is -2.22. The molecular formula is C18H21NO3. The monoisotopic (exact) mass is 299 g/mol. The van der Waals surface area contributed by atoms with E-state index >= 15 is 0 Å². The van der Waals surface area contributed by atoms with Crippen molar-refractivity contribution in [2.45, 2.75) is 45.6 Å². The van der Waals surface area contributed by atoms with Crippen LogP contribution in [-0.2, 0) is 17.8 Å². The molecule has 0 saturated heterocycles. The average Bonchev–Trinajstić information content (AvgIpc) is 2.84. The third-order valence-corrected chi connectivity index (χ3v) is 3.72. The molecule has 0 saturated carbocycles. The highest BCUT2D eigenvalue weighted by molar-refractivity contribution is 6.00. The minimum atomic E-state index is -0.896. The lowest BCUT2D eigenvalue weighted by atomic mass is 9.99. The highest BCUT2D eigenvalue weighted by Crippen LogP contribution is 2.25. The van der Waals surface area contributed by atoms with E-state index in [0.717, 1.165) is 47.9 Å². The summed E-state index contributed by atoms with van der Waals surface area (Å²) in [7, 11) is 0. The summed E-state index contributed by atoms with van der Waals surface area (Å²) in [5.74, 6) is 5.62. The Morgan fingerprint density at radius 3 is 2.91 bits per heavy atom. The van der Waals surface area contributed by atoms with Gasteiger partial charge in [-0.3, -0.25) is 9.59 Å². The Bertz CT molecular complexity index is 638. The van der Waals surface area contributed by atoms with Crippen molar-refractivity contribution < 1.29 is 14.7 Å². The third kappa shape index (κ3) is 4.19. The molecule has 0 radical (unpaired) electrons. The topological polar surface area (TPSA) is 66.4 Å². The first kappa shape index (κ1) is 16.3. The largest absolute Gasteiger partial charge is 0.480 e. The molecule has 0 heterocycles. The van der Waals surface area contributed by atoms with Gasteiger partial charge in [-0.2, -0.15) is 0 Å². The van der Waals surface area contributed by atoms with E-state index in [1.54, 1.807) is 0 Å².